The highest BCUT2D eigenvalue weighted by molar-refractivity contribution is 6.01. The summed E-state index contributed by atoms with van der Waals surface area (Å²) in [5, 5.41) is 2.64. The van der Waals surface area contributed by atoms with Gasteiger partial charge < -0.3 is 15.1 Å². The second kappa shape index (κ2) is 7.61. The average Bonchev–Trinajstić information content (AvgIpc) is 3.55. The molecule has 2 aromatic rings. The predicted octanol–water partition coefficient (Wildman–Crippen LogP) is 3.09. The number of rotatable bonds is 5. The van der Waals surface area contributed by atoms with Crippen molar-refractivity contribution in [2.75, 3.05) is 18.4 Å². The first kappa shape index (κ1) is 19.4. The van der Waals surface area contributed by atoms with Gasteiger partial charge in [-0.1, -0.05) is 12.6 Å². The number of halogens is 1. The van der Waals surface area contributed by atoms with E-state index in [1.807, 2.05) is 4.90 Å². The molecular weight excluding hydrogens is 397 g/mol. The van der Waals surface area contributed by atoms with Crippen LogP contribution in [0.4, 0.5) is 10.2 Å². The van der Waals surface area contributed by atoms with Crippen molar-refractivity contribution in [1.29, 1.82) is 0 Å². The van der Waals surface area contributed by atoms with Gasteiger partial charge in [0.2, 0.25) is 5.91 Å². The molecule has 158 valence electrons. The lowest BCUT2D eigenvalue weighted by Gasteiger charge is -2.28. The number of hydrogen-bond acceptors (Lipinski definition) is 5. The third-order valence-corrected chi connectivity index (χ3v) is 5.86. The van der Waals surface area contributed by atoms with E-state index in [4.69, 9.17) is 0 Å². The van der Waals surface area contributed by atoms with Crippen LogP contribution in [0, 0.1) is 5.82 Å². The molecule has 2 aromatic heterocycles. The number of nitrogens with zero attached hydrogens (tertiary/aromatic N) is 4. The van der Waals surface area contributed by atoms with Crippen LogP contribution in [0.15, 0.2) is 60.3 Å². The van der Waals surface area contributed by atoms with Crippen molar-refractivity contribution < 1.29 is 14.0 Å². The number of hydrogen-bond donors (Lipinski definition) is 1. The number of pyridine rings is 2. The maximum atomic E-state index is 14.5. The standard InChI is InChI=1S/C23H22FN5O2/c1-14-17-5-3-9-28(22(17)23(31)29(14)16-6-7-16)13-21(30)27-20-10-19(24)18(12-26-20)15-4-2-8-25-11-15/h2,4,8,10-12,16H,1,3,5-7,9,13H2,(H,26,27,30). The average molecular weight is 419 g/mol. The number of anilines is 1. The molecule has 0 atom stereocenters. The molecule has 7 nitrogen and oxygen atoms in total. The normalized spacial score (nSPS) is 18.5. The van der Waals surface area contributed by atoms with Crippen molar-refractivity contribution in [3.8, 4) is 11.1 Å². The molecule has 1 N–H and O–H groups in total. The summed E-state index contributed by atoms with van der Waals surface area (Å²) >= 11 is 0. The van der Waals surface area contributed by atoms with Crippen LogP contribution >= 0.6 is 0 Å². The summed E-state index contributed by atoms with van der Waals surface area (Å²) < 4.78 is 14.5. The highest BCUT2D eigenvalue weighted by Gasteiger charge is 2.45. The summed E-state index contributed by atoms with van der Waals surface area (Å²) in [5.41, 5.74) is 3.23. The summed E-state index contributed by atoms with van der Waals surface area (Å²) in [6.07, 6.45) is 8.18. The van der Waals surface area contributed by atoms with Crippen LogP contribution in [0.3, 0.4) is 0 Å². The van der Waals surface area contributed by atoms with E-state index >= 15 is 0 Å². The Morgan fingerprint density at radius 1 is 1.32 bits per heavy atom. The van der Waals surface area contributed by atoms with Crippen LogP contribution in [0.2, 0.25) is 0 Å². The maximum absolute atomic E-state index is 14.5. The van der Waals surface area contributed by atoms with Gasteiger partial charge in [-0.25, -0.2) is 9.37 Å². The summed E-state index contributed by atoms with van der Waals surface area (Å²) in [6.45, 7) is 4.74. The van der Waals surface area contributed by atoms with Gasteiger partial charge >= 0.3 is 0 Å². The van der Waals surface area contributed by atoms with Crippen molar-refractivity contribution in [1.82, 2.24) is 19.8 Å². The number of amides is 2. The monoisotopic (exact) mass is 419 g/mol. The fourth-order valence-corrected chi connectivity index (χ4v) is 4.26. The fourth-order valence-electron chi connectivity index (χ4n) is 4.26. The van der Waals surface area contributed by atoms with Gasteiger partial charge in [0.15, 0.2) is 0 Å². The second-order valence-electron chi connectivity index (χ2n) is 8.04. The van der Waals surface area contributed by atoms with E-state index in [1.165, 1.54) is 12.3 Å². The lowest BCUT2D eigenvalue weighted by molar-refractivity contribution is -0.126. The highest BCUT2D eigenvalue weighted by Crippen LogP contribution is 2.42. The quantitative estimate of drug-likeness (QED) is 0.806. The molecule has 3 aliphatic rings. The summed E-state index contributed by atoms with van der Waals surface area (Å²) in [4.78, 5) is 37.4. The molecule has 2 aliphatic heterocycles. The van der Waals surface area contributed by atoms with Gasteiger partial charge in [0, 0.05) is 59.6 Å². The van der Waals surface area contributed by atoms with Crippen molar-refractivity contribution in [2.45, 2.75) is 31.7 Å². The van der Waals surface area contributed by atoms with Gasteiger partial charge in [-0.05, 0) is 31.7 Å². The lowest BCUT2D eigenvalue weighted by Crippen LogP contribution is -2.39. The summed E-state index contributed by atoms with van der Waals surface area (Å²) in [7, 11) is 0. The minimum absolute atomic E-state index is 0.00398. The topological polar surface area (TPSA) is 78.4 Å². The van der Waals surface area contributed by atoms with Crippen molar-refractivity contribution in [3.63, 3.8) is 0 Å². The van der Waals surface area contributed by atoms with Gasteiger partial charge in [0.25, 0.3) is 5.91 Å². The fraction of sp³-hybridized carbons (Fsp3) is 0.304. The molecule has 2 amide bonds. The van der Waals surface area contributed by atoms with Crippen molar-refractivity contribution >= 4 is 17.6 Å². The van der Waals surface area contributed by atoms with Crippen LogP contribution in [0.25, 0.3) is 11.1 Å². The van der Waals surface area contributed by atoms with E-state index < -0.39 is 5.82 Å². The molecular formula is C23H22FN5O2. The maximum Gasteiger partial charge on any atom is 0.275 e. The number of aromatic nitrogens is 2. The Hall–Kier alpha value is -3.55. The second-order valence-corrected chi connectivity index (χ2v) is 8.04. The minimum Gasteiger partial charge on any atom is -0.357 e. The molecule has 31 heavy (non-hydrogen) atoms. The number of carbonyl (C=O) groups excluding carboxylic acids is 2. The zero-order valence-electron chi connectivity index (χ0n) is 17.0. The van der Waals surface area contributed by atoms with Gasteiger partial charge in [-0.2, -0.15) is 0 Å². The molecule has 1 saturated carbocycles. The van der Waals surface area contributed by atoms with Crippen LogP contribution in [0.1, 0.15) is 25.7 Å². The molecule has 0 unspecified atom stereocenters. The molecule has 1 fully saturated rings. The van der Waals surface area contributed by atoms with Gasteiger partial charge in [0.05, 0.1) is 6.54 Å². The van der Waals surface area contributed by atoms with E-state index in [0.29, 0.717) is 23.4 Å². The Labute approximate surface area is 179 Å². The summed E-state index contributed by atoms with van der Waals surface area (Å²) in [5.74, 6) is -0.773. The predicted molar refractivity (Wildman–Crippen MR) is 113 cm³/mol. The molecule has 4 heterocycles. The smallest absolute Gasteiger partial charge is 0.275 e. The van der Waals surface area contributed by atoms with E-state index in [0.717, 1.165) is 37.0 Å². The van der Waals surface area contributed by atoms with Crippen LogP contribution in [-0.4, -0.2) is 50.7 Å². The molecule has 0 bridgehead atoms. The molecule has 0 spiro atoms. The SMILES string of the molecule is C=C1C2=C(C(=O)N1C1CC1)N(CC(=O)Nc1cc(F)c(-c3cccnc3)cn1)CCC2. The van der Waals surface area contributed by atoms with E-state index in [2.05, 4.69) is 21.9 Å². The van der Waals surface area contributed by atoms with Gasteiger partial charge in [-0.3, -0.25) is 14.6 Å². The number of nitrogens with one attached hydrogen (secondary N) is 1. The van der Waals surface area contributed by atoms with Crippen LogP contribution in [-0.2, 0) is 9.59 Å². The van der Waals surface area contributed by atoms with E-state index in [-0.39, 0.29) is 30.2 Å². The zero-order valence-corrected chi connectivity index (χ0v) is 17.0. The number of allylic oxidation sites excluding steroid dienone is 1. The number of carbonyl (C=O) groups is 2. The minimum atomic E-state index is -0.497. The molecule has 0 radical (unpaired) electrons. The molecule has 8 heteroatoms. The van der Waals surface area contributed by atoms with E-state index in [1.54, 1.807) is 29.4 Å². The summed E-state index contributed by atoms with van der Waals surface area (Å²) in [6, 6.07) is 4.89. The zero-order chi connectivity index (χ0) is 21.5. The molecule has 0 aromatic carbocycles. The largest absolute Gasteiger partial charge is 0.357 e. The Bertz CT molecular complexity index is 1110. The lowest BCUT2D eigenvalue weighted by atomic mass is 10.0. The molecule has 0 saturated heterocycles. The van der Waals surface area contributed by atoms with E-state index in [9.17, 15) is 14.0 Å². The first-order valence-corrected chi connectivity index (χ1v) is 10.4. The highest BCUT2D eigenvalue weighted by atomic mass is 19.1. The first-order valence-electron chi connectivity index (χ1n) is 10.4. The third kappa shape index (κ3) is 3.58. The Kier molecular flexibility index (Phi) is 4.77. The van der Waals surface area contributed by atoms with Crippen LogP contribution in [0.5, 0.6) is 0 Å². The van der Waals surface area contributed by atoms with Crippen molar-refractivity contribution in [2.24, 2.45) is 0 Å². The van der Waals surface area contributed by atoms with Gasteiger partial charge in [0.1, 0.15) is 17.3 Å². The van der Waals surface area contributed by atoms with Crippen LogP contribution < -0.4 is 5.32 Å². The van der Waals surface area contributed by atoms with Gasteiger partial charge in [-0.15, -0.1) is 0 Å². The third-order valence-electron chi connectivity index (χ3n) is 5.86. The first-order chi connectivity index (χ1) is 15.0. The molecule has 5 rings (SSSR count). The Morgan fingerprint density at radius 3 is 2.87 bits per heavy atom. The Morgan fingerprint density at radius 2 is 2.16 bits per heavy atom. The molecule has 1 aliphatic carbocycles. The Balaban J connectivity index is 1.29. The van der Waals surface area contributed by atoms with Crippen molar-refractivity contribution in [3.05, 3.63) is 66.2 Å².